The van der Waals surface area contributed by atoms with E-state index in [4.69, 9.17) is 0 Å². The monoisotopic (exact) mass is 190 g/mol. The summed E-state index contributed by atoms with van der Waals surface area (Å²) < 4.78 is 25.5. The van der Waals surface area contributed by atoms with Crippen LogP contribution in [0.1, 0.15) is 0 Å². The Balaban J connectivity index is 2.48. The average Bonchev–Trinajstić information content (AvgIpc) is 2.23. The van der Waals surface area contributed by atoms with E-state index in [0.717, 1.165) is 12.1 Å². The van der Waals surface area contributed by atoms with Crippen molar-refractivity contribution in [2.45, 2.75) is 0 Å². The minimum atomic E-state index is -0.874. The molecule has 0 fully saturated rings. The van der Waals surface area contributed by atoms with Gasteiger partial charge in [-0.05, 0) is 24.3 Å². The van der Waals surface area contributed by atoms with E-state index in [2.05, 4.69) is 11.1 Å². The first-order valence-electron chi connectivity index (χ1n) is 4.05. The number of hydrogen-bond acceptors (Lipinski definition) is 1. The minimum Gasteiger partial charge on any atom is -0.256 e. The molecule has 1 heterocycles. The molecule has 2 rings (SSSR count). The Labute approximate surface area is 80.0 Å². The lowest BCUT2D eigenvalue weighted by Crippen LogP contribution is -1.87. The van der Waals surface area contributed by atoms with Crippen molar-refractivity contribution in [1.82, 2.24) is 4.98 Å². The Morgan fingerprint density at radius 1 is 1.14 bits per heavy atom. The molecular formula is C11H6F2N. The molecule has 1 nitrogen and oxygen atoms in total. The molecule has 0 atom stereocenters. The zero-order valence-electron chi connectivity index (χ0n) is 7.17. The normalized spacial score (nSPS) is 10.1. The first-order valence-corrected chi connectivity index (χ1v) is 4.05. The number of pyridine rings is 1. The van der Waals surface area contributed by atoms with Crippen LogP contribution in [0.4, 0.5) is 8.78 Å². The summed E-state index contributed by atoms with van der Waals surface area (Å²) in [5, 5.41) is 0. The third kappa shape index (κ3) is 1.62. The zero-order chi connectivity index (χ0) is 9.97. The highest BCUT2D eigenvalue weighted by Gasteiger charge is 2.04. The lowest BCUT2D eigenvalue weighted by Gasteiger charge is -1.99. The van der Waals surface area contributed by atoms with E-state index in [0.29, 0.717) is 11.3 Å². The first kappa shape index (κ1) is 8.81. The summed E-state index contributed by atoms with van der Waals surface area (Å²) in [7, 11) is 0. The molecule has 0 N–H and O–H groups in total. The molecule has 0 unspecified atom stereocenters. The molecule has 0 saturated heterocycles. The maximum atomic E-state index is 12.8. The summed E-state index contributed by atoms with van der Waals surface area (Å²) in [6, 6.07) is 9.86. The Hall–Kier alpha value is -1.77. The van der Waals surface area contributed by atoms with Crippen molar-refractivity contribution < 1.29 is 8.78 Å². The van der Waals surface area contributed by atoms with E-state index in [-0.39, 0.29) is 0 Å². The number of benzene rings is 1. The van der Waals surface area contributed by atoms with E-state index in [1.165, 1.54) is 6.07 Å². The van der Waals surface area contributed by atoms with Crippen LogP contribution in [0, 0.1) is 17.7 Å². The van der Waals surface area contributed by atoms with Crippen LogP contribution in [-0.4, -0.2) is 4.98 Å². The molecule has 69 valence electrons. The van der Waals surface area contributed by atoms with E-state index in [1.54, 1.807) is 18.3 Å². The molecule has 0 saturated carbocycles. The first-order chi connectivity index (χ1) is 6.77. The van der Waals surface area contributed by atoms with Crippen LogP contribution in [0.3, 0.4) is 0 Å². The van der Waals surface area contributed by atoms with Gasteiger partial charge in [0.05, 0.1) is 5.69 Å². The Morgan fingerprint density at radius 3 is 2.64 bits per heavy atom. The van der Waals surface area contributed by atoms with Crippen LogP contribution < -0.4 is 0 Å². The largest absolute Gasteiger partial charge is 0.256 e. The van der Waals surface area contributed by atoms with Gasteiger partial charge in [-0.3, -0.25) is 4.98 Å². The third-order valence-corrected chi connectivity index (χ3v) is 1.80. The summed E-state index contributed by atoms with van der Waals surface area (Å²) in [5.41, 5.74) is 1.02. The van der Waals surface area contributed by atoms with Crippen molar-refractivity contribution in [3.63, 3.8) is 0 Å². The SMILES string of the molecule is Fc1ccc(-c2[c]cccn2)cc1F. The quantitative estimate of drug-likeness (QED) is 0.673. The van der Waals surface area contributed by atoms with E-state index in [1.807, 2.05) is 0 Å². The molecule has 0 aliphatic heterocycles. The van der Waals surface area contributed by atoms with Gasteiger partial charge in [0, 0.05) is 17.8 Å². The van der Waals surface area contributed by atoms with Crippen molar-refractivity contribution in [1.29, 1.82) is 0 Å². The van der Waals surface area contributed by atoms with Gasteiger partial charge in [0.2, 0.25) is 0 Å². The Morgan fingerprint density at radius 2 is 2.00 bits per heavy atom. The van der Waals surface area contributed by atoms with Gasteiger partial charge in [-0.25, -0.2) is 8.78 Å². The zero-order valence-corrected chi connectivity index (χ0v) is 7.17. The molecule has 1 aromatic heterocycles. The summed E-state index contributed by atoms with van der Waals surface area (Å²) >= 11 is 0. The van der Waals surface area contributed by atoms with Crippen molar-refractivity contribution in [2.24, 2.45) is 0 Å². The van der Waals surface area contributed by atoms with Crippen LogP contribution >= 0.6 is 0 Å². The Kier molecular flexibility index (Phi) is 2.23. The lowest BCUT2D eigenvalue weighted by molar-refractivity contribution is 0.509. The predicted octanol–water partition coefficient (Wildman–Crippen LogP) is 2.83. The van der Waals surface area contributed by atoms with Gasteiger partial charge in [-0.15, -0.1) is 0 Å². The minimum absolute atomic E-state index is 0.506. The van der Waals surface area contributed by atoms with Crippen LogP contribution in [0.5, 0.6) is 0 Å². The Bertz CT molecular complexity index is 440. The lowest BCUT2D eigenvalue weighted by atomic mass is 10.1. The molecule has 3 heteroatoms. The number of hydrogen-bond donors (Lipinski definition) is 0. The number of halogens is 2. The van der Waals surface area contributed by atoms with Gasteiger partial charge in [-0.1, -0.05) is 6.07 Å². The smallest absolute Gasteiger partial charge is 0.159 e. The van der Waals surface area contributed by atoms with Crippen LogP contribution in [0.15, 0.2) is 36.5 Å². The van der Waals surface area contributed by atoms with Crippen LogP contribution in [0.25, 0.3) is 11.3 Å². The molecule has 1 aromatic carbocycles. The van der Waals surface area contributed by atoms with Gasteiger partial charge in [0.15, 0.2) is 11.6 Å². The summed E-state index contributed by atoms with van der Waals surface area (Å²) in [6.07, 6.45) is 1.58. The highest BCUT2D eigenvalue weighted by molar-refractivity contribution is 5.57. The fourth-order valence-electron chi connectivity index (χ4n) is 1.13. The molecule has 14 heavy (non-hydrogen) atoms. The summed E-state index contributed by atoms with van der Waals surface area (Å²) in [4.78, 5) is 3.98. The van der Waals surface area contributed by atoms with Gasteiger partial charge in [0.1, 0.15) is 0 Å². The standard InChI is InChI=1S/C11H6F2N/c12-9-5-4-8(7-10(9)13)11-3-1-2-6-14-11/h1-2,4-7H. The molecule has 0 aliphatic carbocycles. The van der Waals surface area contributed by atoms with Crippen LogP contribution in [-0.2, 0) is 0 Å². The molecule has 0 aliphatic rings. The fraction of sp³-hybridized carbons (Fsp3) is 0. The van der Waals surface area contributed by atoms with Crippen molar-refractivity contribution in [3.8, 4) is 11.3 Å². The maximum absolute atomic E-state index is 12.8. The molecule has 0 bridgehead atoms. The second-order valence-electron chi connectivity index (χ2n) is 2.76. The highest BCUT2D eigenvalue weighted by atomic mass is 19.2. The topological polar surface area (TPSA) is 12.9 Å². The van der Waals surface area contributed by atoms with Gasteiger partial charge >= 0.3 is 0 Å². The second-order valence-corrected chi connectivity index (χ2v) is 2.76. The van der Waals surface area contributed by atoms with Crippen molar-refractivity contribution in [3.05, 3.63) is 54.2 Å². The molecule has 1 radical (unpaired) electrons. The van der Waals surface area contributed by atoms with E-state index < -0.39 is 11.6 Å². The fourth-order valence-corrected chi connectivity index (χ4v) is 1.13. The predicted molar refractivity (Wildman–Crippen MR) is 48.4 cm³/mol. The van der Waals surface area contributed by atoms with Crippen LogP contribution in [0.2, 0.25) is 0 Å². The molecular weight excluding hydrogens is 184 g/mol. The van der Waals surface area contributed by atoms with Gasteiger partial charge < -0.3 is 0 Å². The summed E-state index contributed by atoms with van der Waals surface area (Å²) in [5.74, 6) is -1.73. The molecule has 2 aromatic rings. The molecule has 0 amide bonds. The number of nitrogens with zero attached hydrogens (tertiary/aromatic N) is 1. The molecule has 0 spiro atoms. The van der Waals surface area contributed by atoms with E-state index in [9.17, 15) is 8.78 Å². The van der Waals surface area contributed by atoms with Crippen molar-refractivity contribution >= 4 is 0 Å². The second kappa shape index (κ2) is 3.54. The van der Waals surface area contributed by atoms with Gasteiger partial charge in [0.25, 0.3) is 0 Å². The van der Waals surface area contributed by atoms with E-state index >= 15 is 0 Å². The van der Waals surface area contributed by atoms with Crippen molar-refractivity contribution in [2.75, 3.05) is 0 Å². The third-order valence-electron chi connectivity index (χ3n) is 1.80. The average molecular weight is 190 g/mol. The van der Waals surface area contributed by atoms with Gasteiger partial charge in [-0.2, -0.15) is 0 Å². The summed E-state index contributed by atoms with van der Waals surface area (Å²) in [6.45, 7) is 0. The number of aromatic nitrogens is 1. The maximum Gasteiger partial charge on any atom is 0.159 e. The highest BCUT2D eigenvalue weighted by Crippen LogP contribution is 2.18. The number of rotatable bonds is 1.